The average Bonchev–Trinajstić information content (AvgIpc) is 2.47. The van der Waals surface area contributed by atoms with Gasteiger partial charge < -0.3 is 10.1 Å². The molecule has 2 heterocycles. The second kappa shape index (κ2) is 6.12. The maximum absolute atomic E-state index is 13.5. The van der Waals surface area contributed by atoms with Gasteiger partial charge in [0.15, 0.2) is 0 Å². The zero-order valence-corrected chi connectivity index (χ0v) is 13.2. The summed E-state index contributed by atoms with van der Waals surface area (Å²) in [5, 5.41) is 3.44. The molecule has 0 fully saturated rings. The summed E-state index contributed by atoms with van der Waals surface area (Å²) in [6, 6.07) is 6.88. The van der Waals surface area contributed by atoms with Crippen molar-refractivity contribution in [2.75, 3.05) is 6.54 Å². The van der Waals surface area contributed by atoms with Crippen LogP contribution in [0.3, 0.4) is 0 Å². The van der Waals surface area contributed by atoms with Gasteiger partial charge in [-0.2, -0.15) is 0 Å². The molecule has 110 valence electrons. The molecule has 0 spiro atoms. The van der Waals surface area contributed by atoms with E-state index in [2.05, 4.69) is 33.2 Å². The summed E-state index contributed by atoms with van der Waals surface area (Å²) < 4.78 is 20.4. The van der Waals surface area contributed by atoms with Crippen LogP contribution in [0.4, 0.5) is 4.39 Å². The molecule has 1 aliphatic rings. The SMILES string of the molecule is CCNC1CC(c2cncc(Br)c2)Oc2cc(F)ccc21. The van der Waals surface area contributed by atoms with Gasteiger partial charge in [-0.15, -0.1) is 0 Å². The van der Waals surface area contributed by atoms with Crippen LogP contribution in [0, 0.1) is 5.82 Å². The Morgan fingerprint density at radius 1 is 1.38 bits per heavy atom. The highest BCUT2D eigenvalue weighted by molar-refractivity contribution is 9.10. The molecule has 1 N–H and O–H groups in total. The lowest BCUT2D eigenvalue weighted by Gasteiger charge is -2.32. The monoisotopic (exact) mass is 350 g/mol. The van der Waals surface area contributed by atoms with Crippen LogP contribution in [-0.2, 0) is 0 Å². The highest BCUT2D eigenvalue weighted by Crippen LogP contribution is 2.41. The molecule has 0 aliphatic carbocycles. The normalized spacial score (nSPS) is 20.7. The van der Waals surface area contributed by atoms with Crippen LogP contribution in [0.2, 0.25) is 0 Å². The molecule has 0 saturated heterocycles. The smallest absolute Gasteiger partial charge is 0.127 e. The Kier molecular flexibility index (Phi) is 4.22. The van der Waals surface area contributed by atoms with E-state index in [1.54, 1.807) is 18.5 Å². The molecular formula is C16H16BrFN2O. The first-order chi connectivity index (χ1) is 10.2. The van der Waals surface area contributed by atoms with Gasteiger partial charge in [-0.05, 0) is 34.6 Å². The molecule has 2 unspecified atom stereocenters. The lowest BCUT2D eigenvalue weighted by Crippen LogP contribution is -2.29. The summed E-state index contributed by atoms with van der Waals surface area (Å²) in [6.45, 7) is 2.92. The van der Waals surface area contributed by atoms with Crippen molar-refractivity contribution in [1.82, 2.24) is 10.3 Å². The van der Waals surface area contributed by atoms with Gasteiger partial charge in [0, 0.05) is 46.5 Å². The van der Waals surface area contributed by atoms with Crippen molar-refractivity contribution >= 4 is 15.9 Å². The van der Waals surface area contributed by atoms with Crippen molar-refractivity contribution in [1.29, 1.82) is 0 Å². The van der Waals surface area contributed by atoms with E-state index in [0.717, 1.165) is 28.6 Å². The quantitative estimate of drug-likeness (QED) is 0.902. The molecule has 0 radical (unpaired) electrons. The summed E-state index contributed by atoms with van der Waals surface area (Å²) >= 11 is 3.42. The lowest BCUT2D eigenvalue weighted by molar-refractivity contribution is 0.151. The van der Waals surface area contributed by atoms with Crippen molar-refractivity contribution < 1.29 is 9.13 Å². The van der Waals surface area contributed by atoms with Gasteiger partial charge in [-0.1, -0.05) is 13.0 Å². The van der Waals surface area contributed by atoms with Gasteiger partial charge in [0.05, 0.1) is 0 Å². The Hall–Kier alpha value is -1.46. The van der Waals surface area contributed by atoms with Gasteiger partial charge >= 0.3 is 0 Å². The standard InChI is InChI=1S/C16H16BrFN2O/c1-2-20-14-7-15(10-5-11(17)9-19-8-10)21-16-6-12(18)3-4-13(14)16/h3-6,8-9,14-15,20H,2,7H2,1H3. The fourth-order valence-electron chi connectivity index (χ4n) is 2.69. The Bertz CT molecular complexity index is 650. The zero-order chi connectivity index (χ0) is 14.8. The van der Waals surface area contributed by atoms with Crippen LogP contribution >= 0.6 is 15.9 Å². The van der Waals surface area contributed by atoms with E-state index in [1.807, 2.05) is 6.07 Å². The molecule has 3 nitrogen and oxygen atoms in total. The molecule has 0 amide bonds. The van der Waals surface area contributed by atoms with Crippen LogP contribution in [0.1, 0.15) is 36.6 Å². The molecule has 2 atom stereocenters. The molecule has 2 aromatic rings. The minimum absolute atomic E-state index is 0.131. The van der Waals surface area contributed by atoms with Gasteiger partial charge in [0.2, 0.25) is 0 Å². The second-order valence-corrected chi connectivity index (χ2v) is 5.99. The predicted molar refractivity (Wildman–Crippen MR) is 82.7 cm³/mol. The Morgan fingerprint density at radius 3 is 3.00 bits per heavy atom. The minimum atomic E-state index is -0.281. The summed E-state index contributed by atoms with van der Waals surface area (Å²) in [5.41, 5.74) is 2.00. The number of aromatic nitrogens is 1. The zero-order valence-electron chi connectivity index (χ0n) is 11.6. The number of hydrogen-bond acceptors (Lipinski definition) is 3. The first kappa shape index (κ1) is 14.5. The number of fused-ring (bicyclic) bond motifs is 1. The fraction of sp³-hybridized carbons (Fsp3) is 0.312. The number of nitrogens with one attached hydrogen (secondary N) is 1. The Balaban J connectivity index is 1.96. The molecule has 1 aromatic heterocycles. The molecule has 0 bridgehead atoms. The third-order valence-electron chi connectivity index (χ3n) is 3.62. The van der Waals surface area contributed by atoms with Crippen LogP contribution in [0.25, 0.3) is 0 Å². The largest absolute Gasteiger partial charge is 0.485 e. The van der Waals surface area contributed by atoms with E-state index < -0.39 is 0 Å². The highest BCUT2D eigenvalue weighted by Gasteiger charge is 2.29. The van der Waals surface area contributed by atoms with Crippen molar-refractivity contribution in [3.05, 3.63) is 58.1 Å². The molecular weight excluding hydrogens is 335 g/mol. The lowest BCUT2D eigenvalue weighted by atomic mass is 9.93. The van der Waals surface area contributed by atoms with Crippen LogP contribution in [-0.4, -0.2) is 11.5 Å². The maximum Gasteiger partial charge on any atom is 0.127 e. The fourth-order valence-corrected chi connectivity index (χ4v) is 3.07. The van der Waals surface area contributed by atoms with Crippen LogP contribution in [0.5, 0.6) is 5.75 Å². The number of hydrogen-bond donors (Lipinski definition) is 1. The minimum Gasteiger partial charge on any atom is -0.485 e. The number of pyridine rings is 1. The highest BCUT2D eigenvalue weighted by atomic mass is 79.9. The predicted octanol–water partition coefficient (Wildman–Crippen LogP) is 4.16. The summed E-state index contributed by atoms with van der Waals surface area (Å²) in [6.07, 6.45) is 4.20. The number of nitrogens with zero attached hydrogens (tertiary/aromatic N) is 1. The number of halogens is 2. The summed E-state index contributed by atoms with van der Waals surface area (Å²) in [4.78, 5) is 4.18. The van der Waals surface area contributed by atoms with Crippen molar-refractivity contribution in [3.63, 3.8) is 0 Å². The van der Waals surface area contributed by atoms with E-state index in [9.17, 15) is 4.39 Å². The summed E-state index contributed by atoms with van der Waals surface area (Å²) in [7, 11) is 0. The van der Waals surface area contributed by atoms with Crippen molar-refractivity contribution in [2.24, 2.45) is 0 Å². The van der Waals surface area contributed by atoms with Crippen molar-refractivity contribution in [3.8, 4) is 5.75 Å². The molecule has 1 aromatic carbocycles. The van der Waals surface area contributed by atoms with E-state index >= 15 is 0 Å². The van der Waals surface area contributed by atoms with Crippen molar-refractivity contribution in [2.45, 2.75) is 25.5 Å². The van der Waals surface area contributed by atoms with E-state index in [1.165, 1.54) is 12.1 Å². The van der Waals surface area contributed by atoms with Gasteiger partial charge in [-0.25, -0.2) is 4.39 Å². The number of ether oxygens (including phenoxy) is 1. The first-order valence-electron chi connectivity index (χ1n) is 6.97. The molecule has 5 heteroatoms. The van der Waals surface area contributed by atoms with Crippen LogP contribution in [0.15, 0.2) is 41.1 Å². The first-order valence-corrected chi connectivity index (χ1v) is 7.76. The Labute approximate surface area is 131 Å². The summed E-state index contributed by atoms with van der Waals surface area (Å²) in [5.74, 6) is 0.328. The topological polar surface area (TPSA) is 34.2 Å². The average molecular weight is 351 g/mol. The van der Waals surface area contributed by atoms with E-state index in [4.69, 9.17) is 4.74 Å². The molecule has 3 rings (SSSR count). The number of benzene rings is 1. The van der Waals surface area contributed by atoms with Crippen LogP contribution < -0.4 is 10.1 Å². The van der Waals surface area contributed by atoms with E-state index in [-0.39, 0.29) is 18.0 Å². The van der Waals surface area contributed by atoms with Gasteiger partial charge in [-0.3, -0.25) is 4.98 Å². The third-order valence-corrected chi connectivity index (χ3v) is 4.05. The third kappa shape index (κ3) is 3.09. The second-order valence-electron chi connectivity index (χ2n) is 5.07. The molecule has 21 heavy (non-hydrogen) atoms. The molecule has 0 saturated carbocycles. The number of rotatable bonds is 3. The maximum atomic E-state index is 13.5. The Morgan fingerprint density at radius 2 is 2.24 bits per heavy atom. The van der Waals surface area contributed by atoms with Gasteiger partial charge in [0.25, 0.3) is 0 Å². The molecule has 1 aliphatic heterocycles. The van der Waals surface area contributed by atoms with E-state index in [0.29, 0.717) is 5.75 Å². The van der Waals surface area contributed by atoms with Gasteiger partial charge in [0.1, 0.15) is 17.7 Å².